The Hall–Kier alpha value is -1.99. The largest absolute Gasteiger partial charge is 0.394 e. The van der Waals surface area contributed by atoms with Gasteiger partial charge in [0.05, 0.1) is 38.6 Å². The number of carbonyl (C=O) groups is 1. The Kier molecular flexibility index (Phi) is 32.1. The van der Waals surface area contributed by atoms with E-state index in [0.717, 1.165) is 70.6 Å². The molecule has 0 spiro atoms. The van der Waals surface area contributed by atoms with Crippen molar-refractivity contribution in [1.82, 2.24) is 5.32 Å². The maximum atomic E-state index is 13.2. The lowest BCUT2D eigenvalue weighted by Crippen LogP contribution is -2.66. The van der Waals surface area contributed by atoms with Gasteiger partial charge in [-0.2, -0.15) is 0 Å². The standard InChI is InChI=1S/C51H91NO18/c1-3-5-7-9-11-13-15-16-17-19-21-23-25-27-29-39(57)52-34(35(56)28-26-24-22-20-18-14-12-10-8-6-4-2)33-65-49-45(63)42(60)47(37(31-54)67-49)70-51-46(64)43(61)48(38(32-55)68-51)69-50-44(62)41(59)40(58)36(30-53)66-50/h9,11,15-16,26,28,34-38,40-51,53-56,58-64H,3-8,10,12-14,17-25,27,29-33H2,1-2H3,(H,52,57)/b11-9-,16-15-,28-26+. The third-order valence-corrected chi connectivity index (χ3v) is 13.2. The molecule has 70 heavy (non-hydrogen) atoms. The Bertz CT molecular complexity index is 1440. The van der Waals surface area contributed by atoms with Gasteiger partial charge in [0.25, 0.3) is 0 Å². The van der Waals surface area contributed by atoms with Gasteiger partial charge in [-0.25, -0.2) is 0 Å². The molecule has 0 aromatic heterocycles. The van der Waals surface area contributed by atoms with E-state index in [1.165, 1.54) is 51.4 Å². The summed E-state index contributed by atoms with van der Waals surface area (Å²) in [6.45, 7) is 1.61. The number of unbranched alkanes of at least 4 members (excludes halogenated alkanes) is 16. The summed E-state index contributed by atoms with van der Waals surface area (Å²) in [6, 6.07) is -0.976. The summed E-state index contributed by atoms with van der Waals surface area (Å²) in [7, 11) is 0. The first-order chi connectivity index (χ1) is 33.8. The molecular formula is C51H91NO18. The first kappa shape index (κ1) is 62.3. The number of rotatable bonds is 36. The van der Waals surface area contributed by atoms with Crippen LogP contribution >= 0.6 is 0 Å². The van der Waals surface area contributed by atoms with Crippen molar-refractivity contribution in [2.75, 3.05) is 26.4 Å². The summed E-state index contributed by atoms with van der Waals surface area (Å²) >= 11 is 0. The van der Waals surface area contributed by atoms with Crippen molar-refractivity contribution >= 4 is 5.91 Å². The van der Waals surface area contributed by atoms with Gasteiger partial charge >= 0.3 is 0 Å². The number of amides is 1. The minimum Gasteiger partial charge on any atom is -0.394 e. The van der Waals surface area contributed by atoms with E-state index in [9.17, 15) is 61.0 Å². The molecule has 12 N–H and O–H groups in total. The minimum absolute atomic E-state index is 0.226. The molecule has 0 aromatic carbocycles. The van der Waals surface area contributed by atoms with E-state index in [1.807, 2.05) is 6.08 Å². The maximum Gasteiger partial charge on any atom is 0.220 e. The van der Waals surface area contributed by atoms with E-state index in [0.29, 0.717) is 6.42 Å². The van der Waals surface area contributed by atoms with Crippen LogP contribution in [0.25, 0.3) is 0 Å². The fraction of sp³-hybridized carbons (Fsp3) is 0.863. The number of hydrogen-bond donors (Lipinski definition) is 12. The fourth-order valence-corrected chi connectivity index (χ4v) is 8.73. The van der Waals surface area contributed by atoms with Crippen LogP contribution in [-0.4, -0.2) is 193 Å². The fourth-order valence-electron chi connectivity index (χ4n) is 8.73. The van der Waals surface area contributed by atoms with E-state index in [2.05, 4.69) is 43.5 Å². The molecule has 0 saturated carbocycles. The second-order valence-electron chi connectivity index (χ2n) is 19.0. The van der Waals surface area contributed by atoms with E-state index in [-0.39, 0.29) is 18.9 Å². The van der Waals surface area contributed by atoms with E-state index in [1.54, 1.807) is 6.08 Å². The molecule has 19 nitrogen and oxygen atoms in total. The van der Waals surface area contributed by atoms with Crippen molar-refractivity contribution in [1.29, 1.82) is 0 Å². The van der Waals surface area contributed by atoms with Crippen LogP contribution in [0.5, 0.6) is 0 Å². The highest BCUT2D eigenvalue weighted by molar-refractivity contribution is 5.76. The Morgan fingerprint density at radius 3 is 1.50 bits per heavy atom. The van der Waals surface area contributed by atoms with Gasteiger partial charge in [0, 0.05) is 6.42 Å². The number of carbonyl (C=O) groups excluding carboxylic acids is 1. The van der Waals surface area contributed by atoms with E-state index < -0.39 is 124 Å². The number of aliphatic hydroxyl groups excluding tert-OH is 11. The molecule has 1 amide bonds. The lowest BCUT2D eigenvalue weighted by Gasteiger charge is -2.48. The first-order valence-corrected chi connectivity index (χ1v) is 26.2. The molecule has 0 bridgehead atoms. The van der Waals surface area contributed by atoms with Gasteiger partial charge in [-0.3, -0.25) is 4.79 Å². The monoisotopic (exact) mass is 1010 g/mol. The van der Waals surface area contributed by atoms with Crippen molar-refractivity contribution < 1.29 is 89.4 Å². The summed E-state index contributed by atoms with van der Waals surface area (Å²) in [4.78, 5) is 13.2. The van der Waals surface area contributed by atoms with Gasteiger partial charge in [-0.05, 0) is 44.9 Å². The van der Waals surface area contributed by atoms with Gasteiger partial charge in [0.2, 0.25) is 5.91 Å². The average molecular weight is 1010 g/mol. The van der Waals surface area contributed by atoms with Crippen LogP contribution in [0.1, 0.15) is 149 Å². The molecule has 3 aliphatic rings. The summed E-state index contributed by atoms with van der Waals surface area (Å²) in [5.41, 5.74) is 0. The van der Waals surface area contributed by atoms with Gasteiger partial charge in [0.1, 0.15) is 73.2 Å². The maximum absolute atomic E-state index is 13.2. The topological polar surface area (TPSA) is 307 Å². The SMILES string of the molecule is CCCC/C=C\C/C=C\CCCCCCCC(=O)NC(COC1OC(CO)C(OC2OC(CO)C(OC3OC(CO)C(O)C(O)C3O)C(O)C2O)C(O)C1O)C(O)/C=C/CCCCCCCCCCC. The highest BCUT2D eigenvalue weighted by atomic mass is 16.8. The first-order valence-electron chi connectivity index (χ1n) is 26.2. The van der Waals surface area contributed by atoms with Gasteiger partial charge in [0.15, 0.2) is 18.9 Å². The summed E-state index contributed by atoms with van der Waals surface area (Å²) in [5, 5.41) is 120. The third-order valence-electron chi connectivity index (χ3n) is 13.2. The lowest BCUT2D eigenvalue weighted by atomic mass is 9.96. The molecule has 0 aliphatic carbocycles. The van der Waals surface area contributed by atoms with Crippen LogP contribution in [0.15, 0.2) is 36.5 Å². The zero-order valence-electron chi connectivity index (χ0n) is 41.7. The molecular weight excluding hydrogens is 915 g/mol. The van der Waals surface area contributed by atoms with Crippen LogP contribution in [0.2, 0.25) is 0 Å². The minimum atomic E-state index is -1.98. The second kappa shape index (κ2) is 36.0. The molecule has 17 unspecified atom stereocenters. The summed E-state index contributed by atoms with van der Waals surface area (Å²) < 4.78 is 34.1. The third kappa shape index (κ3) is 21.5. The molecule has 3 fully saturated rings. The Labute approximate surface area is 415 Å². The number of hydrogen-bond acceptors (Lipinski definition) is 18. The quantitative estimate of drug-likeness (QED) is 0.0316. The van der Waals surface area contributed by atoms with E-state index in [4.69, 9.17) is 28.4 Å². The smallest absolute Gasteiger partial charge is 0.220 e. The van der Waals surface area contributed by atoms with Crippen LogP contribution in [0.4, 0.5) is 0 Å². The van der Waals surface area contributed by atoms with Crippen molar-refractivity contribution in [3.05, 3.63) is 36.5 Å². The Morgan fingerprint density at radius 2 is 0.957 bits per heavy atom. The number of allylic oxidation sites excluding steroid dienone is 5. The normalized spacial score (nSPS) is 32.8. The average Bonchev–Trinajstić information content (AvgIpc) is 3.35. The molecule has 17 atom stereocenters. The van der Waals surface area contributed by atoms with Crippen LogP contribution < -0.4 is 5.32 Å². The summed E-state index contributed by atoms with van der Waals surface area (Å²) in [5.74, 6) is -0.294. The lowest BCUT2D eigenvalue weighted by molar-refractivity contribution is -0.379. The van der Waals surface area contributed by atoms with Crippen LogP contribution in [0.3, 0.4) is 0 Å². The van der Waals surface area contributed by atoms with Crippen LogP contribution in [-0.2, 0) is 33.2 Å². The zero-order chi connectivity index (χ0) is 51.3. The predicted octanol–water partition coefficient (Wildman–Crippen LogP) is 2.20. The predicted molar refractivity (Wildman–Crippen MR) is 259 cm³/mol. The molecule has 0 radical (unpaired) electrons. The molecule has 3 saturated heterocycles. The van der Waals surface area contributed by atoms with Gasteiger partial charge in [-0.1, -0.05) is 134 Å². The number of nitrogens with one attached hydrogen (secondary N) is 1. The summed E-state index contributed by atoms with van der Waals surface area (Å²) in [6.07, 6.45) is 7.18. The molecule has 19 heteroatoms. The highest BCUT2D eigenvalue weighted by Crippen LogP contribution is 2.33. The van der Waals surface area contributed by atoms with Gasteiger partial charge in [-0.15, -0.1) is 0 Å². The second-order valence-corrected chi connectivity index (χ2v) is 19.0. The molecule has 0 aromatic rings. The van der Waals surface area contributed by atoms with E-state index >= 15 is 0 Å². The molecule has 3 rings (SSSR count). The zero-order valence-corrected chi connectivity index (χ0v) is 41.7. The number of aliphatic hydroxyl groups is 11. The molecule has 3 heterocycles. The van der Waals surface area contributed by atoms with Crippen molar-refractivity contribution in [2.45, 2.75) is 253 Å². The Morgan fingerprint density at radius 1 is 0.514 bits per heavy atom. The van der Waals surface area contributed by atoms with Crippen molar-refractivity contribution in [3.63, 3.8) is 0 Å². The van der Waals surface area contributed by atoms with Gasteiger partial charge < -0.3 is 89.9 Å². The van der Waals surface area contributed by atoms with Crippen molar-refractivity contribution in [3.8, 4) is 0 Å². The Balaban J connectivity index is 1.56. The molecule has 3 aliphatic heterocycles. The van der Waals surface area contributed by atoms with Crippen molar-refractivity contribution in [2.24, 2.45) is 0 Å². The highest BCUT2D eigenvalue weighted by Gasteiger charge is 2.53. The number of ether oxygens (including phenoxy) is 6. The molecule has 408 valence electrons. The van der Waals surface area contributed by atoms with Crippen LogP contribution in [0, 0.1) is 0 Å².